The van der Waals surface area contributed by atoms with E-state index in [0.717, 1.165) is 6.42 Å². The van der Waals surface area contributed by atoms with Crippen LogP contribution in [0.1, 0.15) is 39.5 Å². The number of fused-ring (bicyclic) bond motifs is 1. The maximum Gasteiger partial charge on any atom is 0.314 e. The Morgan fingerprint density at radius 1 is 1.41 bits per heavy atom. The van der Waals surface area contributed by atoms with E-state index in [1.807, 2.05) is 6.92 Å². The summed E-state index contributed by atoms with van der Waals surface area (Å²) in [5, 5.41) is 0. The van der Waals surface area contributed by atoms with Gasteiger partial charge in [-0.15, -0.1) is 0 Å². The van der Waals surface area contributed by atoms with E-state index in [0.29, 0.717) is 19.3 Å². The maximum atomic E-state index is 12.3. The number of carbonyl (C=O) groups is 3. The summed E-state index contributed by atoms with van der Waals surface area (Å²) in [5.74, 6) is -2.93. The van der Waals surface area contributed by atoms with Crippen LogP contribution in [0.4, 0.5) is 0 Å². The van der Waals surface area contributed by atoms with Crippen molar-refractivity contribution in [3.63, 3.8) is 0 Å². The molecule has 2 aliphatic heterocycles. The summed E-state index contributed by atoms with van der Waals surface area (Å²) in [6.45, 7) is 2.60. The topological polar surface area (TPSA) is 88.1 Å². The molecule has 2 saturated heterocycles. The average molecular weight is 312 g/mol. The predicted molar refractivity (Wildman–Crippen MR) is 71.4 cm³/mol. The lowest BCUT2D eigenvalue weighted by Crippen LogP contribution is -2.69. The third-order valence-corrected chi connectivity index (χ3v) is 4.88. The van der Waals surface area contributed by atoms with Gasteiger partial charge in [0.2, 0.25) is 0 Å². The van der Waals surface area contributed by atoms with Crippen molar-refractivity contribution in [3.8, 4) is 0 Å². The molecule has 4 atom stereocenters. The number of esters is 3. The van der Waals surface area contributed by atoms with Gasteiger partial charge >= 0.3 is 17.9 Å². The van der Waals surface area contributed by atoms with Crippen molar-refractivity contribution >= 4 is 17.9 Å². The molecule has 3 fully saturated rings. The number of ether oxygens (including phenoxy) is 4. The molecule has 0 aromatic carbocycles. The molecule has 3 rings (SSSR count). The van der Waals surface area contributed by atoms with E-state index in [9.17, 15) is 14.4 Å². The van der Waals surface area contributed by atoms with Crippen LogP contribution in [0.3, 0.4) is 0 Å². The van der Waals surface area contributed by atoms with Crippen molar-refractivity contribution in [2.75, 3.05) is 13.2 Å². The molecule has 7 nitrogen and oxygen atoms in total. The Morgan fingerprint density at radius 3 is 2.91 bits per heavy atom. The largest absolute Gasteiger partial charge is 0.459 e. The molecular formula is C15H20O7. The van der Waals surface area contributed by atoms with Gasteiger partial charge in [-0.1, -0.05) is 0 Å². The third kappa shape index (κ3) is 2.47. The Bertz CT molecular complexity index is 516. The van der Waals surface area contributed by atoms with Gasteiger partial charge in [-0.05, 0) is 32.1 Å². The fourth-order valence-corrected chi connectivity index (χ4v) is 3.57. The second kappa shape index (κ2) is 5.22. The molecule has 1 saturated carbocycles. The van der Waals surface area contributed by atoms with Gasteiger partial charge in [0, 0.05) is 13.3 Å². The Labute approximate surface area is 128 Å². The minimum Gasteiger partial charge on any atom is -0.459 e. The number of hydrogen-bond donors (Lipinski definition) is 0. The molecule has 0 unspecified atom stereocenters. The zero-order valence-corrected chi connectivity index (χ0v) is 12.8. The molecule has 22 heavy (non-hydrogen) atoms. The number of cyclic esters (lactones) is 1. The summed E-state index contributed by atoms with van der Waals surface area (Å²) in [7, 11) is 0. The molecule has 0 N–H and O–H groups in total. The fourth-order valence-electron chi connectivity index (χ4n) is 3.57. The highest BCUT2D eigenvalue weighted by molar-refractivity contribution is 5.77. The molecule has 0 spiro atoms. The molecule has 3 aliphatic rings. The SMILES string of the molecule is CC(=O)OC[C@@]12COC(=O)CCC[C@@H]3C[C@@H](C(=O)O1)[C@@]3(C)O2. The summed E-state index contributed by atoms with van der Waals surface area (Å²) < 4.78 is 21.6. The number of rotatable bonds is 2. The minimum atomic E-state index is -1.54. The average Bonchev–Trinajstić information content (AvgIpc) is 2.43. The van der Waals surface area contributed by atoms with Crippen LogP contribution < -0.4 is 0 Å². The van der Waals surface area contributed by atoms with Gasteiger partial charge in [0.15, 0.2) is 13.2 Å². The molecule has 0 aromatic heterocycles. The van der Waals surface area contributed by atoms with Crippen LogP contribution in [-0.2, 0) is 33.3 Å². The minimum absolute atomic E-state index is 0.188. The lowest BCUT2D eigenvalue weighted by Gasteiger charge is -2.59. The lowest BCUT2D eigenvalue weighted by atomic mass is 9.59. The molecular weight excluding hydrogens is 292 g/mol. The Hall–Kier alpha value is -1.63. The molecule has 0 radical (unpaired) electrons. The monoisotopic (exact) mass is 312 g/mol. The first-order valence-corrected chi connectivity index (χ1v) is 7.57. The van der Waals surface area contributed by atoms with Crippen molar-refractivity contribution < 1.29 is 33.3 Å². The quantitative estimate of drug-likeness (QED) is 0.554. The number of hydrogen-bond acceptors (Lipinski definition) is 7. The predicted octanol–water partition coefficient (Wildman–Crippen LogP) is 0.941. The van der Waals surface area contributed by atoms with Crippen molar-refractivity contribution in [3.05, 3.63) is 0 Å². The second-order valence-corrected chi connectivity index (χ2v) is 6.44. The highest BCUT2D eigenvalue weighted by Crippen LogP contribution is 2.55. The lowest BCUT2D eigenvalue weighted by molar-refractivity contribution is -0.371. The van der Waals surface area contributed by atoms with Crippen LogP contribution >= 0.6 is 0 Å². The van der Waals surface area contributed by atoms with Crippen molar-refractivity contribution in [2.24, 2.45) is 11.8 Å². The summed E-state index contributed by atoms with van der Waals surface area (Å²) in [6.07, 6.45) is 2.53. The zero-order chi connectivity index (χ0) is 16.0. The van der Waals surface area contributed by atoms with Crippen molar-refractivity contribution in [1.29, 1.82) is 0 Å². The molecule has 0 aromatic rings. The van der Waals surface area contributed by atoms with Crippen LogP contribution in [0.5, 0.6) is 0 Å². The van der Waals surface area contributed by atoms with Gasteiger partial charge in [0.25, 0.3) is 5.79 Å². The maximum absolute atomic E-state index is 12.3. The van der Waals surface area contributed by atoms with Crippen molar-refractivity contribution in [2.45, 2.75) is 50.9 Å². The molecule has 2 bridgehead atoms. The van der Waals surface area contributed by atoms with Gasteiger partial charge < -0.3 is 18.9 Å². The summed E-state index contributed by atoms with van der Waals surface area (Å²) >= 11 is 0. The molecule has 1 aliphatic carbocycles. The Kier molecular flexibility index (Phi) is 3.63. The molecule has 2 heterocycles. The number of carbonyl (C=O) groups excluding carboxylic acids is 3. The van der Waals surface area contributed by atoms with Gasteiger partial charge in [0.05, 0.1) is 11.5 Å². The van der Waals surface area contributed by atoms with Gasteiger partial charge in [-0.3, -0.25) is 14.4 Å². The van der Waals surface area contributed by atoms with Crippen LogP contribution in [0.2, 0.25) is 0 Å². The second-order valence-electron chi connectivity index (χ2n) is 6.44. The van der Waals surface area contributed by atoms with Gasteiger partial charge in [-0.25, -0.2) is 0 Å². The molecule has 0 amide bonds. The fraction of sp³-hybridized carbons (Fsp3) is 0.800. The smallest absolute Gasteiger partial charge is 0.314 e. The summed E-state index contributed by atoms with van der Waals surface area (Å²) in [5.41, 5.74) is -0.654. The van der Waals surface area contributed by atoms with Crippen LogP contribution in [0.15, 0.2) is 0 Å². The highest BCUT2D eigenvalue weighted by Gasteiger charge is 2.65. The van der Waals surface area contributed by atoms with E-state index in [-0.39, 0.29) is 37.0 Å². The van der Waals surface area contributed by atoms with E-state index < -0.39 is 17.4 Å². The Morgan fingerprint density at radius 2 is 2.18 bits per heavy atom. The van der Waals surface area contributed by atoms with Crippen LogP contribution in [0.25, 0.3) is 0 Å². The van der Waals surface area contributed by atoms with Gasteiger partial charge in [-0.2, -0.15) is 0 Å². The van der Waals surface area contributed by atoms with E-state index in [1.54, 1.807) is 0 Å². The molecule has 7 heteroatoms. The summed E-state index contributed by atoms with van der Waals surface area (Å²) in [6, 6.07) is 0. The van der Waals surface area contributed by atoms with Gasteiger partial charge in [0.1, 0.15) is 0 Å². The van der Waals surface area contributed by atoms with E-state index in [2.05, 4.69) is 0 Å². The summed E-state index contributed by atoms with van der Waals surface area (Å²) in [4.78, 5) is 35.1. The van der Waals surface area contributed by atoms with Crippen molar-refractivity contribution in [1.82, 2.24) is 0 Å². The Balaban J connectivity index is 1.88. The van der Waals surface area contributed by atoms with Crippen LogP contribution in [-0.4, -0.2) is 42.5 Å². The van der Waals surface area contributed by atoms with E-state index >= 15 is 0 Å². The molecule has 122 valence electrons. The normalized spacial score (nSPS) is 40.8. The first-order valence-electron chi connectivity index (χ1n) is 7.57. The third-order valence-electron chi connectivity index (χ3n) is 4.88. The van der Waals surface area contributed by atoms with E-state index in [4.69, 9.17) is 18.9 Å². The standard InChI is InChI=1S/C15H20O7/c1-9(16)19-7-15-8-20-12(17)5-3-4-10-6-11(13(18)21-15)14(10,2)22-15/h10-11H,3-8H2,1-2H3/t10-,11+,14+,15-/m1/s1. The first-order chi connectivity index (χ1) is 10.3. The van der Waals surface area contributed by atoms with E-state index in [1.165, 1.54) is 6.92 Å². The van der Waals surface area contributed by atoms with Crippen LogP contribution in [0, 0.1) is 11.8 Å². The highest BCUT2D eigenvalue weighted by atomic mass is 16.8. The zero-order valence-electron chi connectivity index (χ0n) is 12.8. The first kappa shape index (κ1) is 15.3.